The second-order valence-electron chi connectivity index (χ2n) is 6.53. The third kappa shape index (κ3) is 5.59. The van der Waals surface area contributed by atoms with Gasteiger partial charge in [0.2, 0.25) is 0 Å². The van der Waals surface area contributed by atoms with Crippen LogP contribution in [0.4, 0.5) is 5.69 Å². The van der Waals surface area contributed by atoms with E-state index in [-0.39, 0.29) is 6.61 Å². The van der Waals surface area contributed by atoms with E-state index in [9.17, 15) is 9.90 Å². The van der Waals surface area contributed by atoms with Gasteiger partial charge in [-0.1, -0.05) is 29.8 Å². The lowest BCUT2D eigenvalue weighted by molar-refractivity contribution is 0.0662. The zero-order valence-electron chi connectivity index (χ0n) is 15.1. The number of hydrogen-bond acceptors (Lipinski definition) is 5. The number of piperazine rings is 1. The van der Waals surface area contributed by atoms with Crippen molar-refractivity contribution in [2.75, 3.05) is 44.2 Å². The molecule has 1 aliphatic heterocycles. The third-order valence-electron chi connectivity index (χ3n) is 4.60. The van der Waals surface area contributed by atoms with Gasteiger partial charge in [-0.3, -0.25) is 4.90 Å². The number of carbonyl (C=O) groups excluding carboxylic acids is 1. The highest BCUT2D eigenvalue weighted by Gasteiger charge is 2.20. The van der Waals surface area contributed by atoms with Gasteiger partial charge in [-0.15, -0.1) is 0 Å². The number of β-amino-alcohol motifs (C(OH)–C–C–N with tert-alkyl or cyclic N) is 1. The lowest BCUT2D eigenvalue weighted by Crippen LogP contribution is -2.49. The Morgan fingerprint density at radius 3 is 2.52 bits per heavy atom. The minimum absolute atomic E-state index is 0.182. The maximum absolute atomic E-state index is 10.6. The molecule has 0 radical (unpaired) electrons. The number of para-hydroxylation sites is 1. The highest BCUT2D eigenvalue weighted by Crippen LogP contribution is 2.20. The molecule has 0 aromatic heterocycles. The molecule has 142 valence electrons. The maximum Gasteiger partial charge on any atom is 0.127 e. The second-order valence-corrected chi connectivity index (χ2v) is 6.97. The Bertz CT molecular complexity index is 782. The van der Waals surface area contributed by atoms with Crippen molar-refractivity contribution < 1.29 is 14.6 Å². The molecule has 5 nitrogen and oxygen atoms in total. The van der Waals surface area contributed by atoms with Gasteiger partial charge in [0.05, 0.1) is 0 Å². The van der Waals surface area contributed by atoms with Gasteiger partial charge in [0.25, 0.3) is 0 Å². The smallest absolute Gasteiger partial charge is 0.127 e. The van der Waals surface area contributed by atoms with Crippen LogP contribution in [0.2, 0.25) is 5.02 Å². The van der Waals surface area contributed by atoms with Gasteiger partial charge in [0.15, 0.2) is 0 Å². The minimum Gasteiger partial charge on any atom is -0.490 e. The van der Waals surface area contributed by atoms with Crippen LogP contribution >= 0.6 is 11.6 Å². The molecule has 1 atom stereocenters. The number of rotatable bonds is 7. The summed E-state index contributed by atoms with van der Waals surface area (Å²) in [6, 6.07) is 15.1. The molecule has 0 saturated carbocycles. The normalized spacial score (nSPS) is 15.9. The van der Waals surface area contributed by atoms with Gasteiger partial charge in [0.1, 0.15) is 24.4 Å². The average Bonchev–Trinajstić information content (AvgIpc) is 2.69. The molecule has 1 unspecified atom stereocenters. The number of benzene rings is 2. The summed E-state index contributed by atoms with van der Waals surface area (Å²) in [5.41, 5.74) is 1.83. The van der Waals surface area contributed by atoms with Crippen LogP contribution in [0.1, 0.15) is 5.56 Å². The summed E-state index contributed by atoms with van der Waals surface area (Å²) < 4.78 is 5.68. The molecule has 1 saturated heterocycles. The van der Waals surface area contributed by atoms with E-state index in [0.717, 1.165) is 31.2 Å². The van der Waals surface area contributed by atoms with Crippen LogP contribution in [-0.4, -0.2) is 61.4 Å². The van der Waals surface area contributed by atoms with Crippen molar-refractivity contribution in [3.63, 3.8) is 0 Å². The van der Waals surface area contributed by atoms with Crippen molar-refractivity contribution in [1.82, 2.24) is 4.90 Å². The SMILES string of the molecule is O=C=Cc1ccccc1OCC(O)CN1CCN(c2ccc(Cl)cc2)CC1. The summed E-state index contributed by atoms with van der Waals surface area (Å²) in [7, 11) is 0. The van der Waals surface area contributed by atoms with Crippen LogP contribution in [0, 0.1) is 0 Å². The van der Waals surface area contributed by atoms with Crippen LogP contribution in [0.3, 0.4) is 0 Å². The van der Waals surface area contributed by atoms with E-state index in [1.807, 2.05) is 36.4 Å². The highest BCUT2D eigenvalue weighted by atomic mass is 35.5. The van der Waals surface area contributed by atoms with Gasteiger partial charge in [0, 0.05) is 55.1 Å². The predicted molar refractivity (Wildman–Crippen MR) is 108 cm³/mol. The summed E-state index contributed by atoms with van der Waals surface area (Å²) in [6.45, 7) is 4.31. The Morgan fingerprint density at radius 1 is 1.11 bits per heavy atom. The van der Waals surface area contributed by atoms with Crippen LogP contribution in [-0.2, 0) is 4.79 Å². The minimum atomic E-state index is -0.597. The van der Waals surface area contributed by atoms with E-state index in [4.69, 9.17) is 16.3 Å². The lowest BCUT2D eigenvalue weighted by Gasteiger charge is -2.36. The van der Waals surface area contributed by atoms with E-state index < -0.39 is 6.10 Å². The first kappa shape index (κ1) is 19.5. The quantitative estimate of drug-likeness (QED) is 0.741. The topological polar surface area (TPSA) is 53.0 Å². The van der Waals surface area contributed by atoms with E-state index in [2.05, 4.69) is 9.80 Å². The Balaban J connectivity index is 1.45. The molecule has 2 aromatic carbocycles. The van der Waals surface area contributed by atoms with Crippen molar-refractivity contribution in [1.29, 1.82) is 0 Å². The Labute approximate surface area is 164 Å². The first-order valence-electron chi connectivity index (χ1n) is 8.99. The van der Waals surface area contributed by atoms with Gasteiger partial charge in [-0.25, -0.2) is 4.79 Å². The average molecular weight is 387 g/mol. The van der Waals surface area contributed by atoms with Crippen molar-refractivity contribution in [2.24, 2.45) is 0 Å². The zero-order valence-corrected chi connectivity index (χ0v) is 15.8. The fourth-order valence-electron chi connectivity index (χ4n) is 3.17. The molecule has 0 bridgehead atoms. The number of aliphatic hydroxyl groups excluding tert-OH is 1. The molecule has 3 rings (SSSR count). The number of hydrogen-bond donors (Lipinski definition) is 1. The van der Waals surface area contributed by atoms with Gasteiger partial charge >= 0.3 is 0 Å². The molecule has 1 heterocycles. The summed E-state index contributed by atoms with van der Waals surface area (Å²) in [5.74, 6) is 2.34. The molecular weight excluding hydrogens is 364 g/mol. The second kappa shape index (κ2) is 9.58. The van der Waals surface area contributed by atoms with Crippen LogP contribution in [0.25, 0.3) is 6.08 Å². The standard InChI is InChI=1S/C21H23ClN2O3/c22-18-5-7-19(8-6-18)24-12-10-23(11-13-24)15-20(26)16-27-21-4-2-1-3-17(21)9-14-25/h1-9,20,26H,10-13,15-16H2. The Hall–Kier alpha value is -2.30. The third-order valence-corrected chi connectivity index (χ3v) is 4.85. The summed E-state index contributed by atoms with van der Waals surface area (Å²) in [5, 5.41) is 11.1. The first-order chi connectivity index (χ1) is 13.2. The Morgan fingerprint density at radius 2 is 1.81 bits per heavy atom. The fraction of sp³-hybridized carbons (Fsp3) is 0.333. The predicted octanol–water partition coefficient (Wildman–Crippen LogP) is 2.75. The molecule has 2 aromatic rings. The van der Waals surface area contributed by atoms with Crippen LogP contribution in [0.15, 0.2) is 48.5 Å². The largest absolute Gasteiger partial charge is 0.490 e. The van der Waals surface area contributed by atoms with Crippen LogP contribution in [0.5, 0.6) is 5.75 Å². The van der Waals surface area contributed by atoms with Crippen molar-refractivity contribution in [3.05, 3.63) is 59.1 Å². The first-order valence-corrected chi connectivity index (χ1v) is 9.37. The Kier molecular flexibility index (Phi) is 6.91. The van der Waals surface area contributed by atoms with Crippen molar-refractivity contribution >= 4 is 29.3 Å². The summed E-state index contributed by atoms with van der Waals surface area (Å²) in [6.07, 6.45) is 0.734. The highest BCUT2D eigenvalue weighted by molar-refractivity contribution is 6.30. The van der Waals surface area contributed by atoms with Gasteiger partial charge in [-0.2, -0.15) is 0 Å². The van der Waals surface area contributed by atoms with E-state index >= 15 is 0 Å². The molecule has 27 heavy (non-hydrogen) atoms. The molecule has 0 spiro atoms. The molecule has 1 N–H and O–H groups in total. The maximum atomic E-state index is 10.6. The number of ether oxygens (including phenoxy) is 1. The number of halogens is 1. The van der Waals surface area contributed by atoms with Crippen molar-refractivity contribution in [2.45, 2.75) is 6.10 Å². The van der Waals surface area contributed by atoms with E-state index in [1.54, 1.807) is 18.1 Å². The lowest BCUT2D eigenvalue weighted by atomic mass is 10.2. The molecule has 1 aliphatic rings. The molecule has 0 amide bonds. The fourth-order valence-corrected chi connectivity index (χ4v) is 3.30. The van der Waals surface area contributed by atoms with E-state index in [1.165, 1.54) is 11.8 Å². The molecule has 6 heteroatoms. The molecule has 1 fully saturated rings. The summed E-state index contributed by atoms with van der Waals surface area (Å²) >= 11 is 5.95. The van der Waals surface area contributed by atoms with Gasteiger partial charge < -0.3 is 14.7 Å². The summed E-state index contributed by atoms with van der Waals surface area (Å²) in [4.78, 5) is 15.1. The molecular formula is C21H23ClN2O3. The monoisotopic (exact) mass is 386 g/mol. The van der Waals surface area contributed by atoms with Crippen molar-refractivity contribution in [3.8, 4) is 5.75 Å². The van der Waals surface area contributed by atoms with E-state index in [0.29, 0.717) is 17.9 Å². The van der Waals surface area contributed by atoms with Crippen LogP contribution < -0.4 is 9.64 Å². The number of aliphatic hydroxyl groups is 1. The zero-order chi connectivity index (χ0) is 19.1. The number of nitrogens with zero attached hydrogens (tertiary/aromatic N) is 2. The molecule has 0 aliphatic carbocycles. The number of anilines is 1. The van der Waals surface area contributed by atoms with Gasteiger partial charge in [-0.05, 0) is 30.3 Å².